The van der Waals surface area contributed by atoms with E-state index in [4.69, 9.17) is 11.6 Å². The van der Waals surface area contributed by atoms with E-state index in [-0.39, 0.29) is 17.6 Å². The molecule has 0 bridgehead atoms. The van der Waals surface area contributed by atoms with E-state index in [9.17, 15) is 9.90 Å². The number of aliphatic hydroxyl groups excluding tert-OH is 1. The number of anilines is 1. The minimum Gasteiger partial charge on any atom is -0.387 e. The number of benzene rings is 1. The molecule has 0 aliphatic carbocycles. The Morgan fingerprint density at radius 3 is 2.75 bits per heavy atom. The van der Waals surface area contributed by atoms with Crippen LogP contribution in [0.1, 0.15) is 36.1 Å². The Balaban J connectivity index is 1.62. The van der Waals surface area contributed by atoms with Crippen LogP contribution >= 0.6 is 11.6 Å². The molecular formula is C19H23ClN6O2. The number of aromatic amines is 1. The van der Waals surface area contributed by atoms with Gasteiger partial charge in [-0.25, -0.2) is 0 Å². The Kier molecular flexibility index (Phi) is 6.01. The van der Waals surface area contributed by atoms with E-state index in [1.807, 2.05) is 44.4 Å². The largest absolute Gasteiger partial charge is 0.387 e. The van der Waals surface area contributed by atoms with E-state index in [1.165, 1.54) is 6.07 Å². The predicted octanol–water partition coefficient (Wildman–Crippen LogP) is 2.84. The maximum absolute atomic E-state index is 12.3. The lowest BCUT2D eigenvalue weighted by Gasteiger charge is -2.13. The molecule has 2 aromatic heterocycles. The van der Waals surface area contributed by atoms with Gasteiger partial charge >= 0.3 is 0 Å². The molecule has 1 unspecified atom stereocenters. The normalized spacial score (nSPS) is 13.2. The fourth-order valence-corrected chi connectivity index (χ4v) is 3.06. The van der Waals surface area contributed by atoms with Gasteiger partial charge in [0, 0.05) is 24.8 Å². The Hall–Kier alpha value is -2.84. The first-order valence-corrected chi connectivity index (χ1v) is 9.30. The zero-order valence-electron chi connectivity index (χ0n) is 15.9. The number of carbonyl (C=O) groups is 1. The lowest BCUT2D eigenvalue weighted by atomic mass is 10.1. The summed E-state index contributed by atoms with van der Waals surface area (Å²) in [4.78, 5) is 12.3. The molecule has 4 N–H and O–H groups in total. The molecule has 0 radical (unpaired) electrons. The molecule has 0 saturated heterocycles. The van der Waals surface area contributed by atoms with Crippen LogP contribution in [0.5, 0.6) is 0 Å². The quantitative estimate of drug-likeness (QED) is 0.486. The number of rotatable bonds is 7. The van der Waals surface area contributed by atoms with Crippen molar-refractivity contribution in [3.63, 3.8) is 0 Å². The van der Waals surface area contributed by atoms with Gasteiger partial charge in [-0.3, -0.25) is 14.6 Å². The van der Waals surface area contributed by atoms with Gasteiger partial charge < -0.3 is 15.7 Å². The summed E-state index contributed by atoms with van der Waals surface area (Å²) in [6.45, 7) is 3.99. The number of amides is 1. The van der Waals surface area contributed by atoms with E-state index in [0.717, 1.165) is 16.9 Å². The number of hydrogen-bond donors (Lipinski definition) is 4. The lowest BCUT2D eigenvalue weighted by molar-refractivity contribution is 0.0931. The van der Waals surface area contributed by atoms with Crippen molar-refractivity contribution in [1.82, 2.24) is 25.3 Å². The molecule has 9 heteroatoms. The van der Waals surface area contributed by atoms with Gasteiger partial charge in [0.25, 0.3) is 5.91 Å². The smallest absolute Gasteiger partial charge is 0.272 e. The third-order valence-electron chi connectivity index (χ3n) is 4.29. The van der Waals surface area contributed by atoms with Gasteiger partial charge in [-0.1, -0.05) is 17.7 Å². The Labute approximate surface area is 167 Å². The van der Waals surface area contributed by atoms with E-state index >= 15 is 0 Å². The SMILES string of the molecule is CNc1ccc(-c2ccn(C[C@H](C)NC(=O)c3cc(C(C)O)[nH]n3)n2)cc1Cl. The number of hydrogen-bond acceptors (Lipinski definition) is 5. The van der Waals surface area contributed by atoms with Crippen LogP contribution in [-0.4, -0.2) is 44.1 Å². The van der Waals surface area contributed by atoms with Gasteiger partial charge in [-0.05, 0) is 38.1 Å². The van der Waals surface area contributed by atoms with Crippen LogP contribution in [-0.2, 0) is 6.54 Å². The third kappa shape index (κ3) is 4.52. The second-order valence-electron chi connectivity index (χ2n) is 6.63. The summed E-state index contributed by atoms with van der Waals surface area (Å²) in [5.41, 5.74) is 3.32. The van der Waals surface area contributed by atoms with Crippen LogP contribution in [0.4, 0.5) is 5.69 Å². The molecule has 148 valence electrons. The molecule has 0 aliphatic heterocycles. The van der Waals surface area contributed by atoms with Gasteiger partial charge in [-0.2, -0.15) is 10.2 Å². The molecule has 3 rings (SSSR count). The van der Waals surface area contributed by atoms with Crippen molar-refractivity contribution >= 4 is 23.2 Å². The molecule has 1 aromatic carbocycles. The van der Waals surface area contributed by atoms with Crippen LogP contribution in [0.3, 0.4) is 0 Å². The molecule has 3 aromatic rings. The van der Waals surface area contributed by atoms with Crippen LogP contribution in [0.2, 0.25) is 5.02 Å². The molecule has 2 heterocycles. The van der Waals surface area contributed by atoms with Gasteiger partial charge in [0.1, 0.15) is 5.69 Å². The monoisotopic (exact) mass is 402 g/mol. The highest BCUT2D eigenvalue weighted by atomic mass is 35.5. The fraction of sp³-hybridized carbons (Fsp3) is 0.316. The number of halogens is 1. The van der Waals surface area contributed by atoms with E-state index in [2.05, 4.69) is 25.9 Å². The molecule has 0 spiro atoms. The van der Waals surface area contributed by atoms with Gasteiger partial charge in [-0.15, -0.1) is 0 Å². The summed E-state index contributed by atoms with van der Waals surface area (Å²) in [5.74, 6) is -0.308. The second-order valence-corrected chi connectivity index (χ2v) is 7.03. The molecule has 0 fully saturated rings. The van der Waals surface area contributed by atoms with Crippen molar-refractivity contribution in [1.29, 1.82) is 0 Å². The summed E-state index contributed by atoms with van der Waals surface area (Å²) in [6.07, 6.45) is 1.16. The van der Waals surface area contributed by atoms with Crippen LogP contribution in [0.15, 0.2) is 36.5 Å². The first-order chi connectivity index (χ1) is 13.4. The fourth-order valence-electron chi connectivity index (χ4n) is 2.79. The summed E-state index contributed by atoms with van der Waals surface area (Å²) in [5, 5.41) is 27.2. The summed E-state index contributed by atoms with van der Waals surface area (Å²) in [7, 11) is 1.82. The van der Waals surface area contributed by atoms with Crippen LogP contribution in [0.25, 0.3) is 11.3 Å². The molecule has 8 nitrogen and oxygen atoms in total. The van der Waals surface area contributed by atoms with Crippen LogP contribution < -0.4 is 10.6 Å². The molecule has 0 aliphatic rings. The maximum Gasteiger partial charge on any atom is 0.272 e. The van der Waals surface area contributed by atoms with E-state index in [1.54, 1.807) is 11.6 Å². The highest BCUT2D eigenvalue weighted by Gasteiger charge is 2.15. The molecule has 2 atom stereocenters. The average molecular weight is 403 g/mol. The first kappa shape index (κ1) is 19.9. The van der Waals surface area contributed by atoms with Crippen molar-refractivity contribution < 1.29 is 9.90 Å². The van der Waals surface area contributed by atoms with Gasteiger partial charge in [0.2, 0.25) is 0 Å². The van der Waals surface area contributed by atoms with Gasteiger partial charge in [0.15, 0.2) is 0 Å². The maximum atomic E-state index is 12.3. The number of aromatic nitrogens is 4. The lowest BCUT2D eigenvalue weighted by Crippen LogP contribution is -2.36. The van der Waals surface area contributed by atoms with Crippen molar-refractivity contribution in [2.75, 3.05) is 12.4 Å². The summed E-state index contributed by atoms with van der Waals surface area (Å²) >= 11 is 6.24. The third-order valence-corrected chi connectivity index (χ3v) is 4.61. The van der Waals surface area contributed by atoms with Crippen molar-refractivity contribution in [2.45, 2.75) is 32.5 Å². The van der Waals surface area contributed by atoms with E-state index in [0.29, 0.717) is 17.3 Å². The number of aliphatic hydroxyl groups is 1. The zero-order chi connectivity index (χ0) is 20.3. The minimum atomic E-state index is -0.704. The predicted molar refractivity (Wildman–Crippen MR) is 108 cm³/mol. The molecule has 28 heavy (non-hydrogen) atoms. The Morgan fingerprint density at radius 1 is 1.32 bits per heavy atom. The average Bonchev–Trinajstić information content (AvgIpc) is 3.31. The highest BCUT2D eigenvalue weighted by Crippen LogP contribution is 2.27. The highest BCUT2D eigenvalue weighted by molar-refractivity contribution is 6.33. The number of nitrogens with one attached hydrogen (secondary N) is 3. The second kappa shape index (κ2) is 8.45. The van der Waals surface area contributed by atoms with Gasteiger partial charge in [0.05, 0.1) is 34.7 Å². The number of carbonyl (C=O) groups excluding carboxylic acids is 1. The number of H-pyrrole nitrogens is 1. The van der Waals surface area contributed by atoms with Crippen molar-refractivity contribution in [2.24, 2.45) is 0 Å². The van der Waals surface area contributed by atoms with E-state index < -0.39 is 6.10 Å². The van der Waals surface area contributed by atoms with Crippen molar-refractivity contribution in [3.8, 4) is 11.3 Å². The van der Waals surface area contributed by atoms with Crippen molar-refractivity contribution in [3.05, 3.63) is 52.9 Å². The van der Waals surface area contributed by atoms with Crippen LogP contribution in [0, 0.1) is 0 Å². The molecule has 0 saturated carbocycles. The Morgan fingerprint density at radius 2 is 2.11 bits per heavy atom. The topological polar surface area (TPSA) is 108 Å². The molecule has 1 amide bonds. The zero-order valence-corrected chi connectivity index (χ0v) is 16.7. The number of nitrogens with zero attached hydrogens (tertiary/aromatic N) is 3. The standard InChI is InChI=1S/C19H23ClN6O2/c1-11(22-19(28)18-9-17(12(2)27)23-24-18)10-26-7-6-15(25-26)13-4-5-16(21-3)14(20)8-13/h4-9,11-12,21,27H,10H2,1-3H3,(H,22,28)(H,23,24)/t11-,12?/m0/s1. The minimum absolute atomic E-state index is 0.165. The summed E-state index contributed by atoms with van der Waals surface area (Å²) in [6, 6.07) is 9.00. The summed E-state index contributed by atoms with van der Waals surface area (Å²) < 4.78 is 1.77. The first-order valence-electron chi connectivity index (χ1n) is 8.92. The Bertz CT molecular complexity index is 965. The molecular weight excluding hydrogens is 380 g/mol.